The van der Waals surface area contributed by atoms with Gasteiger partial charge in [0, 0.05) is 19.6 Å². The summed E-state index contributed by atoms with van der Waals surface area (Å²) >= 11 is 0. The van der Waals surface area contributed by atoms with Gasteiger partial charge in [-0.2, -0.15) is 0 Å². The molecule has 1 unspecified atom stereocenters. The molecule has 7 heteroatoms. The molecule has 112 valence electrons. The van der Waals surface area contributed by atoms with Crippen molar-refractivity contribution in [3.63, 3.8) is 0 Å². The third-order valence-electron chi connectivity index (χ3n) is 2.50. The maximum atomic E-state index is 11.3. The lowest BCUT2D eigenvalue weighted by atomic mass is 10.1. The van der Waals surface area contributed by atoms with Crippen LogP contribution in [0.25, 0.3) is 0 Å². The molecule has 0 saturated carbocycles. The number of nitrogens with one attached hydrogen (secondary N) is 2. The van der Waals surface area contributed by atoms with Crippen LogP contribution in [0.2, 0.25) is 0 Å². The normalized spacial score (nSPS) is 12.2. The van der Waals surface area contributed by atoms with Crippen LogP contribution < -0.4 is 10.6 Å². The van der Waals surface area contributed by atoms with Crippen molar-refractivity contribution >= 4 is 12.0 Å². The van der Waals surface area contributed by atoms with E-state index in [9.17, 15) is 9.59 Å². The summed E-state index contributed by atoms with van der Waals surface area (Å²) in [7, 11) is 3.93. The predicted octanol–water partition coefficient (Wildman–Crippen LogP) is -0.0254. The van der Waals surface area contributed by atoms with Crippen molar-refractivity contribution in [2.24, 2.45) is 5.92 Å². The van der Waals surface area contributed by atoms with Gasteiger partial charge in [-0.15, -0.1) is 0 Å². The molecule has 0 spiro atoms. The lowest BCUT2D eigenvalue weighted by Crippen LogP contribution is -2.38. The van der Waals surface area contributed by atoms with E-state index in [1.807, 2.05) is 19.0 Å². The highest BCUT2D eigenvalue weighted by molar-refractivity contribution is 5.74. The van der Waals surface area contributed by atoms with Crippen molar-refractivity contribution in [3.05, 3.63) is 0 Å². The topological polar surface area (TPSA) is 90.9 Å². The highest BCUT2D eigenvalue weighted by atomic mass is 16.5. The number of hydrogen-bond donors (Lipinski definition) is 3. The van der Waals surface area contributed by atoms with Crippen LogP contribution in [0, 0.1) is 5.92 Å². The first-order valence-electron chi connectivity index (χ1n) is 6.40. The number of aliphatic carboxylic acids is 1. The monoisotopic (exact) mass is 275 g/mol. The summed E-state index contributed by atoms with van der Waals surface area (Å²) in [5, 5.41) is 13.9. The van der Waals surface area contributed by atoms with E-state index in [1.54, 1.807) is 6.92 Å². The molecule has 0 radical (unpaired) electrons. The molecule has 19 heavy (non-hydrogen) atoms. The van der Waals surface area contributed by atoms with Crippen molar-refractivity contribution in [3.8, 4) is 0 Å². The van der Waals surface area contributed by atoms with Crippen molar-refractivity contribution < 1.29 is 19.4 Å². The molecule has 0 aliphatic heterocycles. The minimum atomic E-state index is -0.850. The molecule has 0 bridgehead atoms. The molecule has 0 aliphatic rings. The SMILES string of the molecule is CC(CCNC(=O)NCCOCCN(C)C)C(=O)O. The van der Waals surface area contributed by atoms with E-state index in [-0.39, 0.29) is 6.03 Å². The second-order valence-corrected chi connectivity index (χ2v) is 4.63. The average Bonchev–Trinajstić information content (AvgIpc) is 2.32. The lowest BCUT2D eigenvalue weighted by Gasteiger charge is -2.11. The van der Waals surface area contributed by atoms with Crippen molar-refractivity contribution in [2.45, 2.75) is 13.3 Å². The molecule has 0 saturated heterocycles. The molecule has 7 nitrogen and oxygen atoms in total. The molecule has 1 atom stereocenters. The van der Waals surface area contributed by atoms with Crippen LogP contribution in [0.1, 0.15) is 13.3 Å². The molecule has 0 aromatic carbocycles. The van der Waals surface area contributed by atoms with Crippen LogP contribution in [0.15, 0.2) is 0 Å². The van der Waals surface area contributed by atoms with Gasteiger partial charge in [-0.1, -0.05) is 6.92 Å². The third-order valence-corrected chi connectivity index (χ3v) is 2.50. The zero-order valence-corrected chi connectivity index (χ0v) is 11.9. The minimum absolute atomic E-state index is 0.297. The van der Waals surface area contributed by atoms with Crippen LogP contribution in [0.4, 0.5) is 4.79 Å². The largest absolute Gasteiger partial charge is 0.481 e. The zero-order valence-electron chi connectivity index (χ0n) is 11.9. The second-order valence-electron chi connectivity index (χ2n) is 4.63. The summed E-state index contributed by atoms with van der Waals surface area (Å²) in [6.45, 7) is 4.34. The Labute approximate surface area is 114 Å². The van der Waals surface area contributed by atoms with Gasteiger partial charge in [-0.25, -0.2) is 4.79 Å². The van der Waals surface area contributed by atoms with Crippen LogP contribution in [0.3, 0.4) is 0 Å². The number of amides is 2. The van der Waals surface area contributed by atoms with E-state index in [4.69, 9.17) is 9.84 Å². The highest BCUT2D eigenvalue weighted by Gasteiger charge is 2.10. The van der Waals surface area contributed by atoms with Gasteiger partial charge in [0.2, 0.25) is 0 Å². The highest BCUT2D eigenvalue weighted by Crippen LogP contribution is 1.99. The maximum Gasteiger partial charge on any atom is 0.314 e. The molecular weight excluding hydrogens is 250 g/mol. The second kappa shape index (κ2) is 10.6. The minimum Gasteiger partial charge on any atom is -0.481 e. The molecule has 2 amide bonds. The Balaban J connectivity index is 3.38. The van der Waals surface area contributed by atoms with Gasteiger partial charge >= 0.3 is 12.0 Å². The number of nitrogens with zero attached hydrogens (tertiary/aromatic N) is 1. The van der Waals surface area contributed by atoms with Crippen molar-refractivity contribution in [1.29, 1.82) is 0 Å². The van der Waals surface area contributed by atoms with E-state index in [1.165, 1.54) is 0 Å². The van der Waals surface area contributed by atoms with Crippen LogP contribution in [-0.4, -0.2) is 69.0 Å². The molecular formula is C12H25N3O4. The number of carbonyl (C=O) groups excluding carboxylic acids is 1. The van der Waals surface area contributed by atoms with E-state index in [2.05, 4.69) is 10.6 Å². The number of hydrogen-bond acceptors (Lipinski definition) is 4. The first-order chi connectivity index (χ1) is 8.93. The summed E-state index contributed by atoms with van der Waals surface area (Å²) in [5.74, 6) is -1.30. The van der Waals surface area contributed by atoms with Gasteiger partial charge in [0.05, 0.1) is 19.1 Å². The number of carbonyl (C=O) groups is 2. The van der Waals surface area contributed by atoms with Gasteiger partial charge in [0.1, 0.15) is 0 Å². The number of carboxylic acids is 1. The van der Waals surface area contributed by atoms with Gasteiger partial charge in [-0.3, -0.25) is 4.79 Å². The Morgan fingerprint density at radius 2 is 1.84 bits per heavy atom. The lowest BCUT2D eigenvalue weighted by molar-refractivity contribution is -0.141. The van der Waals surface area contributed by atoms with Crippen LogP contribution in [-0.2, 0) is 9.53 Å². The van der Waals surface area contributed by atoms with Gasteiger partial charge < -0.3 is 25.4 Å². The van der Waals surface area contributed by atoms with E-state index in [0.29, 0.717) is 32.7 Å². The molecule has 0 aromatic heterocycles. The average molecular weight is 275 g/mol. The van der Waals surface area contributed by atoms with E-state index in [0.717, 1.165) is 6.54 Å². The smallest absolute Gasteiger partial charge is 0.314 e. The fourth-order valence-electron chi connectivity index (χ4n) is 1.17. The fraction of sp³-hybridized carbons (Fsp3) is 0.833. The standard InChI is InChI=1S/C12H25N3O4/c1-10(11(16)17)4-5-13-12(18)14-6-8-19-9-7-15(2)3/h10H,4-9H2,1-3H3,(H,16,17)(H2,13,14,18). The summed E-state index contributed by atoms with van der Waals surface area (Å²) in [4.78, 5) is 23.9. The summed E-state index contributed by atoms with van der Waals surface area (Å²) in [5.41, 5.74) is 0. The van der Waals surface area contributed by atoms with Gasteiger partial charge in [0.15, 0.2) is 0 Å². The number of likely N-dealkylation sites (N-methyl/N-ethyl adjacent to an activating group) is 1. The molecule has 0 heterocycles. The quantitative estimate of drug-likeness (QED) is 0.487. The molecule has 0 rings (SSSR count). The van der Waals surface area contributed by atoms with Crippen LogP contribution in [0.5, 0.6) is 0 Å². The van der Waals surface area contributed by atoms with Gasteiger partial charge in [-0.05, 0) is 20.5 Å². The Bertz CT molecular complexity index is 272. The number of rotatable bonds is 10. The number of urea groups is 1. The first-order valence-corrected chi connectivity index (χ1v) is 6.40. The molecule has 0 aromatic rings. The van der Waals surface area contributed by atoms with E-state index >= 15 is 0 Å². The first kappa shape index (κ1) is 17.7. The summed E-state index contributed by atoms with van der Waals surface area (Å²) < 4.78 is 5.31. The number of ether oxygens (including phenoxy) is 1. The van der Waals surface area contributed by atoms with Crippen LogP contribution >= 0.6 is 0 Å². The molecule has 0 fully saturated rings. The Morgan fingerprint density at radius 3 is 2.42 bits per heavy atom. The van der Waals surface area contributed by atoms with Crippen molar-refractivity contribution in [1.82, 2.24) is 15.5 Å². The van der Waals surface area contributed by atoms with Gasteiger partial charge in [0.25, 0.3) is 0 Å². The zero-order chi connectivity index (χ0) is 14.7. The number of carboxylic acid groups (broad SMARTS) is 1. The Morgan fingerprint density at radius 1 is 1.21 bits per heavy atom. The predicted molar refractivity (Wildman–Crippen MR) is 72.2 cm³/mol. The summed E-state index contributed by atoms with van der Waals surface area (Å²) in [6, 6.07) is -0.297. The third kappa shape index (κ3) is 11.5. The van der Waals surface area contributed by atoms with Crippen molar-refractivity contribution in [2.75, 3.05) is 46.9 Å². The molecule has 3 N–H and O–H groups in total. The molecule has 0 aliphatic carbocycles. The van der Waals surface area contributed by atoms with E-state index < -0.39 is 11.9 Å². The summed E-state index contributed by atoms with van der Waals surface area (Å²) in [6.07, 6.45) is 0.419. The Kier molecular flexibility index (Phi) is 9.82. The fourth-order valence-corrected chi connectivity index (χ4v) is 1.17. The Hall–Kier alpha value is -1.34. The maximum absolute atomic E-state index is 11.3.